The Hall–Kier alpha value is -1.40. The summed E-state index contributed by atoms with van der Waals surface area (Å²) in [5.41, 5.74) is 5.14. The standard InChI is InChI=1S/C9H11F2NO3/c1-15-9-5(10)2-4(6(12)3-13)8(14)7(9)11/h2,6,13-14H,3,12H2,1H3. The highest BCUT2D eigenvalue weighted by Gasteiger charge is 2.21. The fraction of sp³-hybridized carbons (Fsp3) is 0.333. The summed E-state index contributed by atoms with van der Waals surface area (Å²) in [5.74, 6) is -3.70. The predicted molar refractivity (Wildman–Crippen MR) is 48.6 cm³/mol. The third-order valence-electron chi connectivity index (χ3n) is 1.98. The number of methoxy groups -OCH3 is 1. The van der Waals surface area contributed by atoms with E-state index >= 15 is 0 Å². The molecular weight excluding hydrogens is 208 g/mol. The molecule has 0 saturated heterocycles. The maximum atomic E-state index is 13.3. The molecule has 0 aromatic heterocycles. The molecule has 0 amide bonds. The number of aromatic hydroxyl groups is 1. The molecule has 1 aromatic rings. The highest BCUT2D eigenvalue weighted by molar-refractivity contribution is 5.44. The van der Waals surface area contributed by atoms with Crippen LogP contribution in [-0.2, 0) is 0 Å². The summed E-state index contributed by atoms with van der Waals surface area (Å²) in [6, 6.07) is -0.210. The van der Waals surface area contributed by atoms with Crippen molar-refractivity contribution in [1.29, 1.82) is 0 Å². The first-order valence-electron chi connectivity index (χ1n) is 4.14. The van der Waals surface area contributed by atoms with E-state index in [1.165, 1.54) is 0 Å². The Morgan fingerprint density at radius 1 is 1.53 bits per heavy atom. The van der Waals surface area contributed by atoms with Gasteiger partial charge in [0.25, 0.3) is 0 Å². The lowest BCUT2D eigenvalue weighted by molar-refractivity contribution is 0.262. The van der Waals surface area contributed by atoms with E-state index in [0.29, 0.717) is 0 Å². The largest absolute Gasteiger partial charge is 0.504 e. The average Bonchev–Trinajstić information content (AvgIpc) is 2.23. The highest BCUT2D eigenvalue weighted by Crippen LogP contribution is 2.34. The summed E-state index contributed by atoms with van der Waals surface area (Å²) in [7, 11) is 1.08. The zero-order valence-electron chi connectivity index (χ0n) is 8.00. The molecule has 0 radical (unpaired) electrons. The molecule has 1 rings (SSSR count). The molecule has 0 spiro atoms. The number of nitrogens with two attached hydrogens (primary N) is 1. The minimum atomic E-state index is -1.23. The Bertz CT molecular complexity index is 371. The normalized spacial score (nSPS) is 12.6. The first-order valence-corrected chi connectivity index (χ1v) is 4.14. The summed E-state index contributed by atoms with van der Waals surface area (Å²) in [6.07, 6.45) is 0. The Morgan fingerprint density at radius 3 is 2.60 bits per heavy atom. The quantitative estimate of drug-likeness (QED) is 0.698. The van der Waals surface area contributed by atoms with Gasteiger partial charge in [-0.05, 0) is 6.07 Å². The number of benzene rings is 1. The maximum Gasteiger partial charge on any atom is 0.209 e. The summed E-state index contributed by atoms with van der Waals surface area (Å²) in [5, 5.41) is 18.0. The van der Waals surface area contributed by atoms with Crippen molar-refractivity contribution in [1.82, 2.24) is 0 Å². The second kappa shape index (κ2) is 4.41. The molecular formula is C9H11F2NO3. The topological polar surface area (TPSA) is 75.7 Å². The second-order valence-electron chi connectivity index (χ2n) is 2.93. The van der Waals surface area contributed by atoms with Gasteiger partial charge in [-0.25, -0.2) is 4.39 Å². The second-order valence-corrected chi connectivity index (χ2v) is 2.93. The fourth-order valence-electron chi connectivity index (χ4n) is 1.18. The monoisotopic (exact) mass is 219 g/mol. The van der Waals surface area contributed by atoms with Crippen molar-refractivity contribution in [2.45, 2.75) is 6.04 Å². The summed E-state index contributed by atoms with van der Waals surface area (Å²) in [6.45, 7) is -0.529. The van der Waals surface area contributed by atoms with Crippen LogP contribution in [0.3, 0.4) is 0 Å². The minimum Gasteiger partial charge on any atom is -0.504 e. The van der Waals surface area contributed by atoms with Crippen LogP contribution in [-0.4, -0.2) is 23.9 Å². The number of ether oxygens (including phenoxy) is 1. The minimum absolute atomic E-state index is 0.201. The van der Waals surface area contributed by atoms with E-state index in [4.69, 9.17) is 10.8 Å². The van der Waals surface area contributed by atoms with E-state index in [0.717, 1.165) is 13.2 Å². The van der Waals surface area contributed by atoms with Gasteiger partial charge in [-0.2, -0.15) is 4.39 Å². The van der Waals surface area contributed by atoms with E-state index in [1.807, 2.05) is 0 Å². The highest BCUT2D eigenvalue weighted by atomic mass is 19.1. The first-order chi connectivity index (χ1) is 7.02. The van der Waals surface area contributed by atoms with Crippen LogP contribution in [0, 0.1) is 11.6 Å². The van der Waals surface area contributed by atoms with Crippen molar-refractivity contribution in [2.75, 3.05) is 13.7 Å². The van der Waals surface area contributed by atoms with E-state index < -0.39 is 35.8 Å². The Labute approximate surface area is 84.9 Å². The molecule has 84 valence electrons. The molecule has 6 heteroatoms. The number of hydrogen-bond donors (Lipinski definition) is 3. The SMILES string of the molecule is COc1c(F)cc(C(N)CO)c(O)c1F. The molecule has 0 fully saturated rings. The Kier molecular flexibility index (Phi) is 3.43. The van der Waals surface area contributed by atoms with Gasteiger partial charge in [0.2, 0.25) is 5.82 Å². The van der Waals surface area contributed by atoms with E-state index in [1.54, 1.807) is 0 Å². The van der Waals surface area contributed by atoms with Gasteiger partial charge in [0.05, 0.1) is 19.8 Å². The molecule has 0 bridgehead atoms. The van der Waals surface area contributed by atoms with E-state index in [-0.39, 0.29) is 5.56 Å². The van der Waals surface area contributed by atoms with Crippen molar-refractivity contribution in [3.05, 3.63) is 23.3 Å². The number of aliphatic hydroxyl groups excluding tert-OH is 1. The molecule has 0 saturated carbocycles. The molecule has 1 atom stereocenters. The van der Waals surface area contributed by atoms with Crippen LogP contribution in [0.5, 0.6) is 11.5 Å². The smallest absolute Gasteiger partial charge is 0.209 e. The fourth-order valence-corrected chi connectivity index (χ4v) is 1.18. The van der Waals surface area contributed by atoms with Gasteiger partial charge < -0.3 is 20.7 Å². The van der Waals surface area contributed by atoms with Crippen molar-refractivity contribution in [2.24, 2.45) is 5.73 Å². The van der Waals surface area contributed by atoms with Crippen molar-refractivity contribution < 1.29 is 23.7 Å². The Morgan fingerprint density at radius 2 is 2.13 bits per heavy atom. The lowest BCUT2D eigenvalue weighted by Gasteiger charge is -2.13. The zero-order chi connectivity index (χ0) is 11.6. The van der Waals surface area contributed by atoms with Crippen molar-refractivity contribution in [3.63, 3.8) is 0 Å². The first kappa shape index (κ1) is 11.7. The third kappa shape index (κ3) is 2.00. The van der Waals surface area contributed by atoms with Crippen LogP contribution in [0.2, 0.25) is 0 Å². The molecule has 15 heavy (non-hydrogen) atoms. The van der Waals surface area contributed by atoms with Crippen molar-refractivity contribution >= 4 is 0 Å². The summed E-state index contributed by atoms with van der Waals surface area (Å²) >= 11 is 0. The average molecular weight is 219 g/mol. The van der Waals surface area contributed by atoms with E-state index in [2.05, 4.69) is 4.74 Å². The number of phenolic OH excluding ortho intramolecular Hbond substituents is 1. The van der Waals surface area contributed by atoms with Gasteiger partial charge in [-0.15, -0.1) is 0 Å². The van der Waals surface area contributed by atoms with Crippen LogP contribution in [0.25, 0.3) is 0 Å². The van der Waals surface area contributed by atoms with Crippen LogP contribution >= 0.6 is 0 Å². The van der Waals surface area contributed by atoms with Gasteiger partial charge >= 0.3 is 0 Å². The van der Waals surface area contributed by atoms with Crippen LogP contribution in [0.1, 0.15) is 11.6 Å². The molecule has 4 nitrogen and oxygen atoms in total. The van der Waals surface area contributed by atoms with Crippen LogP contribution < -0.4 is 10.5 Å². The number of phenols is 1. The van der Waals surface area contributed by atoms with Gasteiger partial charge in [-0.1, -0.05) is 0 Å². The number of rotatable bonds is 3. The maximum absolute atomic E-state index is 13.3. The van der Waals surface area contributed by atoms with Gasteiger partial charge in [0, 0.05) is 5.56 Å². The molecule has 0 aliphatic carbocycles. The molecule has 0 aliphatic heterocycles. The van der Waals surface area contributed by atoms with Crippen LogP contribution in [0.15, 0.2) is 6.07 Å². The van der Waals surface area contributed by atoms with Gasteiger partial charge in [0.1, 0.15) is 0 Å². The van der Waals surface area contributed by atoms with Crippen LogP contribution in [0.4, 0.5) is 8.78 Å². The number of hydrogen-bond acceptors (Lipinski definition) is 4. The zero-order valence-corrected chi connectivity index (χ0v) is 8.00. The lowest BCUT2D eigenvalue weighted by atomic mass is 10.1. The predicted octanol–water partition coefficient (Wildman–Crippen LogP) is 0.671. The summed E-state index contributed by atoms with van der Waals surface area (Å²) < 4.78 is 30.9. The van der Waals surface area contributed by atoms with Gasteiger partial charge in [-0.3, -0.25) is 0 Å². The molecule has 4 N–H and O–H groups in total. The Balaban J connectivity index is 3.33. The number of aliphatic hydroxyl groups is 1. The molecule has 1 unspecified atom stereocenters. The number of halogens is 2. The molecule has 0 heterocycles. The summed E-state index contributed by atoms with van der Waals surface area (Å²) in [4.78, 5) is 0. The molecule has 1 aromatic carbocycles. The lowest BCUT2D eigenvalue weighted by Crippen LogP contribution is -2.15. The van der Waals surface area contributed by atoms with Crippen molar-refractivity contribution in [3.8, 4) is 11.5 Å². The van der Waals surface area contributed by atoms with E-state index in [9.17, 15) is 13.9 Å². The molecule has 0 aliphatic rings. The third-order valence-corrected chi connectivity index (χ3v) is 1.98. The van der Waals surface area contributed by atoms with Gasteiger partial charge in [0.15, 0.2) is 17.3 Å².